The zero-order valence-corrected chi connectivity index (χ0v) is 11.2. The van der Waals surface area contributed by atoms with Crippen LogP contribution < -0.4 is 10.6 Å². The second-order valence-corrected chi connectivity index (χ2v) is 4.80. The van der Waals surface area contributed by atoms with Gasteiger partial charge >= 0.3 is 5.97 Å². The van der Waals surface area contributed by atoms with E-state index in [1.54, 1.807) is 26.3 Å². The molecule has 2 unspecified atom stereocenters. The maximum absolute atomic E-state index is 11.1. The normalized spacial score (nSPS) is 23.4. The van der Waals surface area contributed by atoms with Gasteiger partial charge in [-0.15, -0.1) is 0 Å². The molecule has 2 atom stereocenters. The first-order valence-electron chi connectivity index (χ1n) is 6.26. The van der Waals surface area contributed by atoms with Crippen LogP contribution in [0, 0.1) is 6.92 Å². The van der Waals surface area contributed by atoms with Gasteiger partial charge in [0.2, 0.25) is 0 Å². The lowest BCUT2D eigenvalue weighted by Gasteiger charge is -2.37. The summed E-state index contributed by atoms with van der Waals surface area (Å²) >= 11 is 0. The second kappa shape index (κ2) is 5.54. The maximum atomic E-state index is 11.1. The van der Waals surface area contributed by atoms with Crippen molar-refractivity contribution in [3.05, 3.63) is 23.5 Å². The Morgan fingerprint density at radius 2 is 2.37 bits per heavy atom. The van der Waals surface area contributed by atoms with Gasteiger partial charge in [-0.25, -0.2) is 4.79 Å². The average Bonchev–Trinajstić information content (AvgIpc) is 2.39. The summed E-state index contributed by atoms with van der Waals surface area (Å²) in [6, 6.07) is 1.69. The Morgan fingerprint density at radius 3 is 3.00 bits per heavy atom. The van der Waals surface area contributed by atoms with Crippen LogP contribution in [0.25, 0.3) is 0 Å². The number of rotatable bonds is 3. The summed E-state index contributed by atoms with van der Waals surface area (Å²) in [5.74, 6) is -0.955. The molecule has 6 heteroatoms. The third-order valence-electron chi connectivity index (χ3n) is 3.58. The fourth-order valence-electron chi connectivity index (χ4n) is 2.33. The fourth-order valence-corrected chi connectivity index (χ4v) is 2.33. The largest absolute Gasteiger partial charge is 0.478 e. The van der Waals surface area contributed by atoms with Crippen LogP contribution in [0.2, 0.25) is 0 Å². The zero-order valence-electron chi connectivity index (χ0n) is 11.2. The highest BCUT2D eigenvalue weighted by atomic mass is 16.5. The lowest BCUT2D eigenvalue weighted by atomic mass is 10.0. The topological polar surface area (TPSA) is 88.7 Å². The molecule has 1 aliphatic rings. The van der Waals surface area contributed by atoms with Crippen LogP contribution in [-0.4, -0.2) is 48.4 Å². The summed E-state index contributed by atoms with van der Waals surface area (Å²) in [4.78, 5) is 17.3. The van der Waals surface area contributed by atoms with Crippen LogP contribution in [-0.2, 0) is 4.74 Å². The molecule has 0 spiro atoms. The van der Waals surface area contributed by atoms with E-state index < -0.39 is 5.97 Å². The summed E-state index contributed by atoms with van der Waals surface area (Å²) < 4.78 is 5.35. The van der Waals surface area contributed by atoms with Crippen molar-refractivity contribution in [1.82, 2.24) is 4.98 Å². The van der Waals surface area contributed by atoms with E-state index in [0.717, 1.165) is 18.7 Å². The minimum atomic E-state index is -0.955. The molecule has 6 nitrogen and oxygen atoms in total. The highest BCUT2D eigenvalue weighted by Crippen LogP contribution is 2.22. The Balaban J connectivity index is 2.22. The molecular weight excluding hydrogens is 246 g/mol. The molecule has 0 aromatic carbocycles. The highest BCUT2D eigenvalue weighted by molar-refractivity contribution is 5.89. The summed E-state index contributed by atoms with van der Waals surface area (Å²) in [5.41, 5.74) is 7.53. The molecule has 2 rings (SSSR count). The molecule has 0 saturated carbocycles. The van der Waals surface area contributed by atoms with E-state index in [-0.39, 0.29) is 17.7 Å². The number of ether oxygens (including phenoxy) is 1. The van der Waals surface area contributed by atoms with Crippen molar-refractivity contribution < 1.29 is 14.6 Å². The lowest BCUT2D eigenvalue weighted by molar-refractivity contribution is 0.0695. The predicted octanol–water partition coefficient (Wildman–Crippen LogP) is 0.641. The van der Waals surface area contributed by atoms with Gasteiger partial charge in [-0.2, -0.15) is 0 Å². The van der Waals surface area contributed by atoms with Gasteiger partial charge in [0.25, 0.3) is 0 Å². The number of nitrogens with zero attached hydrogens (tertiary/aromatic N) is 2. The van der Waals surface area contributed by atoms with Gasteiger partial charge in [0.15, 0.2) is 0 Å². The fraction of sp³-hybridized carbons (Fsp3) is 0.538. The first-order chi connectivity index (χ1) is 9.02. The maximum Gasteiger partial charge on any atom is 0.337 e. The van der Waals surface area contributed by atoms with Crippen LogP contribution >= 0.6 is 0 Å². The van der Waals surface area contributed by atoms with Crippen LogP contribution in [0.3, 0.4) is 0 Å². The number of aromatic carboxylic acids is 1. The van der Waals surface area contributed by atoms with Crippen LogP contribution in [0.5, 0.6) is 0 Å². The molecule has 1 fully saturated rings. The summed E-state index contributed by atoms with van der Waals surface area (Å²) in [5, 5.41) is 9.13. The van der Waals surface area contributed by atoms with E-state index in [1.807, 2.05) is 0 Å². The lowest BCUT2D eigenvalue weighted by Crippen LogP contribution is -2.51. The number of hydrogen-bond donors (Lipinski definition) is 2. The number of carboxylic acid groups (broad SMARTS) is 1. The molecule has 1 aliphatic heterocycles. The number of nitrogens with two attached hydrogens (primary N) is 1. The first-order valence-corrected chi connectivity index (χ1v) is 6.26. The quantitative estimate of drug-likeness (QED) is 0.833. The van der Waals surface area contributed by atoms with Crippen molar-refractivity contribution >= 4 is 11.7 Å². The number of aryl methyl sites for hydroxylation is 1. The van der Waals surface area contributed by atoms with Crippen molar-refractivity contribution in [3.63, 3.8) is 0 Å². The number of piperidine rings is 1. The number of carbonyl (C=O) groups is 1. The van der Waals surface area contributed by atoms with E-state index in [1.165, 1.54) is 0 Å². The molecular formula is C13H19N3O3. The number of pyridine rings is 1. The number of hydrogen-bond acceptors (Lipinski definition) is 5. The third kappa shape index (κ3) is 2.85. The third-order valence-corrected chi connectivity index (χ3v) is 3.58. The van der Waals surface area contributed by atoms with Crippen LogP contribution in [0.1, 0.15) is 22.5 Å². The highest BCUT2D eigenvalue weighted by Gasteiger charge is 2.27. The predicted molar refractivity (Wildman–Crippen MR) is 71.5 cm³/mol. The summed E-state index contributed by atoms with van der Waals surface area (Å²) in [6.07, 6.45) is 2.48. The molecule has 2 heterocycles. The van der Waals surface area contributed by atoms with Crippen molar-refractivity contribution in [2.24, 2.45) is 5.73 Å². The van der Waals surface area contributed by atoms with Gasteiger partial charge in [0.1, 0.15) is 0 Å². The second-order valence-electron chi connectivity index (χ2n) is 4.80. The van der Waals surface area contributed by atoms with Crippen molar-refractivity contribution in [2.75, 3.05) is 25.1 Å². The molecule has 0 bridgehead atoms. The summed E-state index contributed by atoms with van der Waals surface area (Å²) in [7, 11) is 1.64. The van der Waals surface area contributed by atoms with E-state index in [2.05, 4.69) is 9.88 Å². The number of anilines is 1. The van der Waals surface area contributed by atoms with Crippen molar-refractivity contribution in [3.8, 4) is 0 Å². The van der Waals surface area contributed by atoms with Gasteiger partial charge in [-0.05, 0) is 19.4 Å². The molecule has 104 valence electrons. The van der Waals surface area contributed by atoms with E-state index in [4.69, 9.17) is 15.6 Å². The van der Waals surface area contributed by atoms with E-state index in [0.29, 0.717) is 12.2 Å². The van der Waals surface area contributed by atoms with E-state index >= 15 is 0 Å². The molecule has 1 saturated heterocycles. The molecule has 0 aliphatic carbocycles. The van der Waals surface area contributed by atoms with Gasteiger partial charge < -0.3 is 20.5 Å². The average molecular weight is 265 g/mol. The van der Waals surface area contributed by atoms with Gasteiger partial charge in [-0.1, -0.05) is 0 Å². The zero-order chi connectivity index (χ0) is 14.0. The van der Waals surface area contributed by atoms with E-state index in [9.17, 15) is 4.79 Å². The molecule has 19 heavy (non-hydrogen) atoms. The van der Waals surface area contributed by atoms with Crippen LogP contribution in [0.4, 0.5) is 5.69 Å². The van der Waals surface area contributed by atoms with Crippen LogP contribution in [0.15, 0.2) is 12.3 Å². The monoisotopic (exact) mass is 265 g/mol. The molecule has 1 aromatic heterocycles. The number of methoxy groups -OCH3 is 1. The number of aromatic nitrogens is 1. The van der Waals surface area contributed by atoms with Gasteiger partial charge in [0.05, 0.1) is 29.2 Å². The smallest absolute Gasteiger partial charge is 0.337 e. The Morgan fingerprint density at radius 1 is 1.63 bits per heavy atom. The van der Waals surface area contributed by atoms with Crippen molar-refractivity contribution in [1.29, 1.82) is 0 Å². The Hall–Kier alpha value is -1.66. The minimum absolute atomic E-state index is 0.0265. The molecule has 0 radical (unpaired) electrons. The Bertz CT molecular complexity index is 478. The molecule has 1 aromatic rings. The summed E-state index contributed by atoms with van der Waals surface area (Å²) in [6.45, 7) is 3.13. The SMILES string of the molecule is COC1CN(c2cnc(C)c(C(=O)O)c2)CCC1N. The Kier molecular flexibility index (Phi) is 4.01. The van der Waals surface area contributed by atoms with Gasteiger partial charge in [0, 0.05) is 26.2 Å². The molecule has 3 N–H and O–H groups in total. The molecule has 0 amide bonds. The first kappa shape index (κ1) is 13.8. The minimum Gasteiger partial charge on any atom is -0.478 e. The van der Waals surface area contributed by atoms with Crippen molar-refractivity contribution in [2.45, 2.75) is 25.5 Å². The standard InChI is InChI=1S/C13H19N3O3/c1-8-10(13(17)18)5-9(6-15-8)16-4-3-11(14)12(7-16)19-2/h5-6,11-12H,3-4,7,14H2,1-2H3,(H,17,18). The van der Waals surface area contributed by atoms with Gasteiger partial charge in [-0.3, -0.25) is 4.98 Å². The Labute approximate surface area is 112 Å². The number of carboxylic acids is 1.